The fraction of sp³-hybridized carbons (Fsp3) is 0.435. The molecule has 3 aliphatic heterocycles. The van der Waals surface area contributed by atoms with E-state index in [1.807, 2.05) is 24.3 Å². The maximum atomic E-state index is 12.6. The normalized spacial score (nSPS) is 27.4. The van der Waals surface area contributed by atoms with Crippen molar-refractivity contribution in [2.45, 2.75) is 37.5 Å². The van der Waals surface area contributed by atoms with E-state index < -0.39 is 6.09 Å². The van der Waals surface area contributed by atoms with Crippen molar-refractivity contribution < 1.29 is 14.6 Å². The molecule has 2 aromatic rings. The average molecular weight is 409 g/mol. The molecule has 1 fully saturated rings. The molecule has 0 bridgehead atoms. The predicted molar refractivity (Wildman–Crippen MR) is 115 cm³/mol. The minimum absolute atomic E-state index is 0.0239. The Bertz CT molecular complexity index is 1010. The number of phenolic OH excluding ortho intramolecular Hbond substituents is 1. The van der Waals surface area contributed by atoms with Crippen molar-refractivity contribution >= 4 is 11.8 Å². The van der Waals surface area contributed by atoms with Crippen molar-refractivity contribution in [1.82, 2.24) is 15.5 Å². The maximum absolute atomic E-state index is 12.6. The van der Waals surface area contributed by atoms with Crippen molar-refractivity contribution in [2.24, 2.45) is 0 Å². The SMILES string of the molecule is CN1CC[C@@]2(C)c3cc(OC(=O)NC4NCCc5ccc(O)cc54)ccc3N(C)[C@@H]12. The number of nitrogens with zero attached hydrogens (tertiary/aromatic N) is 2. The second-order valence-electron chi connectivity index (χ2n) is 8.87. The van der Waals surface area contributed by atoms with Crippen LogP contribution >= 0.6 is 0 Å². The van der Waals surface area contributed by atoms with Gasteiger partial charge in [-0.2, -0.15) is 0 Å². The van der Waals surface area contributed by atoms with Gasteiger partial charge in [0, 0.05) is 31.2 Å². The molecule has 3 heterocycles. The molecule has 1 unspecified atom stereocenters. The molecule has 3 aliphatic rings. The monoisotopic (exact) mass is 408 g/mol. The van der Waals surface area contributed by atoms with Gasteiger partial charge in [-0.1, -0.05) is 13.0 Å². The minimum Gasteiger partial charge on any atom is -0.508 e. The molecule has 0 spiro atoms. The van der Waals surface area contributed by atoms with Gasteiger partial charge in [-0.3, -0.25) is 10.2 Å². The average Bonchev–Trinajstić information content (AvgIpc) is 3.14. The van der Waals surface area contributed by atoms with Crippen LogP contribution in [0.3, 0.4) is 0 Å². The third kappa shape index (κ3) is 2.92. The van der Waals surface area contributed by atoms with Crippen molar-refractivity contribution in [1.29, 1.82) is 0 Å². The Morgan fingerprint density at radius 1 is 1.27 bits per heavy atom. The van der Waals surface area contributed by atoms with Gasteiger partial charge in [0.1, 0.15) is 17.7 Å². The predicted octanol–water partition coefficient (Wildman–Crippen LogP) is 2.69. The molecule has 2 aromatic carbocycles. The second kappa shape index (κ2) is 6.89. The molecule has 3 atom stereocenters. The molecule has 5 rings (SSSR count). The fourth-order valence-electron chi connectivity index (χ4n) is 5.54. The number of rotatable bonds is 2. The Hall–Kier alpha value is -2.77. The minimum atomic E-state index is -0.514. The molecule has 0 radical (unpaired) electrons. The lowest BCUT2D eigenvalue weighted by Gasteiger charge is -2.32. The van der Waals surface area contributed by atoms with Gasteiger partial charge in [0.15, 0.2) is 0 Å². The van der Waals surface area contributed by atoms with Gasteiger partial charge in [-0.25, -0.2) is 4.79 Å². The first-order valence-corrected chi connectivity index (χ1v) is 10.5. The number of nitrogens with one attached hydrogen (secondary N) is 2. The summed E-state index contributed by atoms with van der Waals surface area (Å²) in [7, 11) is 4.29. The fourth-order valence-corrected chi connectivity index (χ4v) is 5.54. The number of ether oxygens (including phenoxy) is 1. The van der Waals surface area contributed by atoms with E-state index in [1.54, 1.807) is 12.1 Å². The highest BCUT2D eigenvalue weighted by molar-refractivity contribution is 5.73. The number of aromatic hydroxyl groups is 1. The summed E-state index contributed by atoms with van der Waals surface area (Å²) < 4.78 is 5.66. The number of carbonyl (C=O) groups is 1. The third-order valence-corrected chi connectivity index (χ3v) is 6.96. The number of amides is 1. The zero-order chi connectivity index (χ0) is 21.0. The van der Waals surface area contributed by atoms with Crippen molar-refractivity contribution in [3.05, 3.63) is 53.1 Å². The highest BCUT2D eigenvalue weighted by atomic mass is 16.6. The summed E-state index contributed by atoms with van der Waals surface area (Å²) in [5.41, 5.74) is 4.44. The van der Waals surface area contributed by atoms with Gasteiger partial charge < -0.3 is 20.1 Å². The zero-order valence-corrected chi connectivity index (χ0v) is 17.6. The number of hydrogen-bond acceptors (Lipinski definition) is 6. The largest absolute Gasteiger partial charge is 0.508 e. The van der Waals surface area contributed by atoms with Crippen LogP contribution in [-0.2, 0) is 11.8 Å². The molecule has 158 valence electrons. The van der Waals surface area contributed by atoms with Crippen LogP contribution in [0.2, 0.25) is 0 Å². The van der Waals surface area contributed by atoms with Crippen LogP contribution in [-0.4, -0.2) is 49.5 Å². The van der Waals surface area contributed by atoms with E-state index in [2.05, 4.69) is 41.5 Å². The van der Waals surface area contributed by atoms with Crippen LogP contribution in [0.1, 0.15) is 36.2 Å². The van der Waals surface area contributed by atoms with Crippen LogP contribution in [0.15, 0.2) is 36.4 Å². The van der Waals surface area contributed by atoms with E-state index >= 15 is 0 Å². The molecule has 1 amide bonds. The molecular weight excluding hydrogens is 380 g/mol. The maximum Gasteiger partial charge on any atom is 0.414 e. The Morgan fingerprint density at radius 2 is 2.10 bits per heavy atom. The van der Waals surface area contributed by atoms with E-state index in [-0.39, 0.29) is 17.3 Å². The number of likely N-dealkylation sites (N-methyl/N-ethyl adjacent to an activating group) is 2. The van der Waals surface area contributed by atoms with E-state index in [0.717, 1.165) is 37.1 Å². The number of anilines is 1. The quantitative estimate of drug-likeness (QED) is 0.709. The highest BCUT2D eigenvalue weighted by Crippen LogP contribution is 2.51. The number of carbonyl (C=O) groups excluding carboxylic acids is 1. The lowest BCUT2D eigenvalue weighted by Crippen LogP contribution is -2.45. The standard InChI is InChI=1S/C23H28N4O3/c1-23-9-11-26(2)21(23)27(3)19-7-6-16(13-18(19)23)30-22(29)25-20-17-12-15(28)5-4-14(17)8-10-24-20/h4-7,12-13,20-21,24,28H,8-11H2,1-3H3,(H,25,29)/t20?,21-,23+/m1/s1. The lowest BCUT2D eigenvalue weighted by atomic mass is 9.81. The first kappa shape index (κ1) is 19.2. The molecule has 0 aliphatic carbocycles. The van der Waals surface area contributed by atoms with Crippen LogP contribution in [0.25, 0.3) is 0 Å². The van der Waals surface area contributed by atoms with Crippen molar-refractivity contribution in [3.63, 3.8) is 0 Å². The lowest BCUT2D eigenvalue weighted by molar-refractivity contribution is 0.192. The van der Waals surface area contributed by atoms with Gasteiger partial charge in [-0.15, -0.1) is 0 Å². The van der Waals surface area contributed by atoms with Crippen molar-refractivity contribution in [3.8, 4) is 11.5 Å². The summed E-state index contributed by atoms with van der Waals surface area (Å²) in [6.45, 7) is 4.10. The summed E-state index contributed by atoms with van der Waals surface area (Å²) in [5, 5.41) is 16.0. The van der Waals surface area contributed by atoms with Gasteiger partial charge in [-0.05, 0) is 66.9 Å². The summed E-state index contributed by atoms with van der Waals surface area (Å²) in [6.07, 6.45) is 1.36. The summed E-state index contributed by atoms with van der Waals surface area (Å²) in [5.74, 6) is 0.729. The van der Waals surface area contributed by atoms with E-state index in [4.69, 9.17) is 4.74 Å². The molecule has 7 heteroatoms. The van der Waals surface area contributed by atoms with E-state index in [9.17, 15) is 9.90 Å². The first-order chi connectivity index (χ1) is 14.4. The number of fused-ring (bicyclic) bond motifs is 4. The van der Waals surface area contributed by atoms with Crippen molar-refractivity contribution in [2.75, 3.05) is 32.1 Å². The molecule has 1 saturated heterocycles. The number of hydrogen-bond donors (Lipinski definition) is 3. The van der Waals surface area contributed by atoms with Gasteiger partial charge >= 0.3 is 6.09 Å². The van der Waals surface area contributed by atoms with Crippen LogP contribution < -0.4 is 20.3 Å². The molecule has 0 saturated carbocycles. The molecule has 7 nitrogen and oxygen atoms in total. The smallest absolute Gasteiger partial charge is 0.414 e. The summed E-state index contributed by atoms with van der Waals surface area (Å²) in [4.78, 5) is 17.3. The Kier molecular flexibility index (Phi) is 4.41. The Labute approximate surface area is 176 Å². The number of phenols is 1. The molecular formula is C23H28N4O3. The summed E-state index contributed by atoms with van der Waals surface area (Å²) >= 11 is 0. The van der Waals surface area contributed by atoms with Gasteiger partial charge in [0.2, 0.25) is 0 Å². The van der Waals surface area contributed by atoms with Gasteiger partial charge in [0.25, 0.3) is 0 Å². The highest BCUT2D eigenvalue weighted by Gasteiger charge is 2.52. The Balaban J connectivity index is 1.34. The number of benzene rings is 2. The molecule has 3 N–H and O–H groups in total. The molecule has 30 heavy (non-hydrogen) atoms. The van der Waals surface area contributed by atoms with E-state index in [1.165, 1.54) is 11.3 Å². The van der Waals surface area contributed by atoms with E-state index in [0.29, 0.717) is 11.9 Å². The van der Waals surface area contributed by atoms with Crippen LogP contribution in [0.5, 0.6) is 11.5 Å². The second-order valence-corrected chi connectivity index (χ2v) is 8.87. The Morgan fingerprint density at radius 3 is 2.93 bits per heavy atom. The third-order valence-electron chi connectivity index (χ3n) is 6.96. The van der Waals surface area contributed by atoms with Gasteiger partial charge in [0.05, 0.1) is 6.17 Å². The number of likely N-dealkylation sites (tertiary alicyclic amines) is 1. The van der Waals surface area contributed by atoms with Crippen LogP contribution in [0, 0.1) is 0 Å². The summed E-state index contributed by atoms with van der Waals surface area (Å²) in [6, 6.07) is 11.2. The van der Waals surface area contributed by atoms with Crippen LogP contribution in [0.4, 0.5) is 10.5 Å². The zero-order valence-electron chi connectivity index (χ0n) is 17.6. The topological polar surface area (TPSA) is 77.1 Å². The molecule has 0 aromatic heterocycles. The first-order valence-electron chi connectivity index (χ1n) is 10.5.